The van der Waals surface area contributed by atoms with Gasteiger partial charge in [0.1, 0.15) is 5.82 Å². The molecule has 0 spiro atoms. The number of hydrogen-bond acceptors (Lipinski definition) is 6. The summed E-state index contributed by atoms with van der Waals surface area (Å²) in [7, 11) is 0. The first-order chi connectivity index (χ1) is 15.7. The maximum absolute atomic E-state index is 13.2. The number of rotatable bonds is 7. The molecule has 0 N–H and O–H groups in total. The smallest absolute Gasteiger partial charge is 0.330 e. The van der Waals surface area contributed by atoms with Crippen LogP contribution in [0.4, 0.5) is 10.7 Å². The van der Waals surface area contributed by atoms with E-state index in [1.807, 2.05) is 39.8 Å². The molecule has 5 rings (SSSR count). The Morgan fingerprint density at radius 2 is 1.78 bits per heavy atom. The molecule has 1 saturated heterocycles. The minimum absolute atomic E-state index is 0.0786. The van der Waals surface area contributed by atoms with Crippen molar-refractivity contribution in [1.29, 1.82) is 0 Å². The van der Waals surface area contributed by atoms with Gasteiger partial charge in [-0.1, -0.05) is 25.5 Å². The lowest BCUT2D eigenvalue weighted by Crippen LogP contribution is -2.48. The monoisotopic (exact) mass is 433 g/mol. The lowest BCUT2D eigenvalue weighted by atomic mass is 10.0. The van der Waals surface area contributed by atoms with Crippen molar-refractivity contribution in [1.82, 2.24) is 29.3 Å². The van der Waals surface area contributed by atoms with Gasteiger partial charge in [-0.25, -0.2) is 24.3 Å². The van der Waals surface area contributed by atoms with Crippen LogP contribution in [0.15, 0.2) is 42.7 Å². The van der Waals surface area contributed by atoms with E-state index < -0.39 is 0 Å². The molecule has 8 nitrogen and oxygen atoms in total. The van der Waals surface area contributed by atoms with E-state index in [-0.39, 0.29) is 11.9 Å². The maximum Gasteiger partial charge on any atom is 0.330 e. The number of aromatic nitrogens is 4. The molecule has 2 aliphatic heterocycles. The highest BCUT2D eigenvalue weighted by atomic mass is 16.2. The third-order valence-electron chi connectivity index (χ3n) is 6.64. The number of imidazole rings is 1. The Morgan fingerprint density at radius 3 is 2.56 bits per heavy atom. The van der Waals surface area contributed by atoms with Gasteiger partial charge in [0.2, 0.25) is 5.95 Å². The van der Waals surface area contributed by atoms with E-state index in [9.17, 15) is 4.79 Å². The highest BCUT2D eigenvalue weighted by Crippen LogP contribution is 2.30. The van der Waals surface area contributed by atoms with Gasteiger partial charge in [-0.05, 0) is 37.6 Å². The Hall–Kier alpha value is -3.00. The van der Waals surface area contributed by atoms with Crippen molar-refractivity contribution >= 4 is 23.0 Å². The summed E-state index contributed by atoms with van der Waals surface area (Å²) in [5, 5.41) is 0. The number of unbranched alkanes of at least 4 members (excludes halogenated alkanes) is 1. The molecule has 0 bridgehead atoms. The molecule has 8 heteroatoms. The van der Waals surface area contributed by atoms with Gasteiger partial charge in [0.25, 0.3) is 0 Å². The number of carbonyl (C=O) groups is 1. The second-order valence-corrected chi connectivity index (χ2v) is 8.74. The Bertz CT molecular complexity index is 1060. The summed E-state index contributed by atoms with van der Waals surface area (Å²) in [5.41, 5.74) is 1.84. The van der Waals surface area contributed by atoms with Crippen LogP contribution in [-0.4, -0.2) is 81.2 Å². The topological polar surface area (TPSA) is 70.4 Å². The Balaban J connectivity index is 1.28. The van der Waals surface area contributed by atoms with Crippen LogP contribution in [0.1, 0.15) is 37.9 Å². The molecule has 0 radical (unpaired) electrons. The van der Waals surface area contributed by atoms with E-state index >= 15 is 0 Å². The first-order valence-electron chi connectivity index (χ1n) is 11.8. The number of anilines is 1. The minimum Gasteiger partial charge on any atom is -0.338 e. The fraction of sp³-hybridized carbons (Fsp3) is 0.500. The molecule has 4 heterocycles. The lowest BCUT2D eigenvalue weighted by molar-refractivity contribution is 0.176. The van der Waals surface area contributed by atoms with Gasteiger partial charge < -0.3 is 9.80 Å². The summed E-state index contributed by atoms with van der Waals surface area (Å²) in [6, 6.07) is 9.92. The fourth-order valence-corrected chi connectivity index (χ4v) is 4.81. The molecular weight excluding hydrogens is 402 g/mol. The predicted octanol–water partition coefficient (Wildman–Crippen LogP) is 3.21. The van der Waals surface area contributed by atoms with Gasteiger partial charge in [-0.2, -0.15) is 0 Å². The number of amides is 1. The maximum atomic E-state index is 13.2. The summed E-state index contributed by atoms with van der Waals surface area (Å²) in [6.45, 7) is 8.63. The average Bonchev–Trinajstić information content (AvgIpc) is 3.24. The van der Waals surface area contributed by atoms with Crippen LogP contribution >= 0.6 is 0 Å². The number of nitrogens with zero attached hydrogens (tertiary/aromatic N) is 7. The first-order valence-corrected chi connectivity index (χ1v) is 11.8. The van der Waals surface area contributed by atoms with Crippen LogP contribution in [-0.2, 0) is 0 Å². The van der Waals surface area contributed by atoms with E-state index in [1.165, 1.54) is 0 Å². The minimum atomic E-state index is 0.0786. The summed E-state index contributed by atoms with van der Waals surface area (Å²) in [6.07, 6.45) is 6.72. The van der Waals surface area contributed by atoms with Crippen molar-refractivity contribution in [3.63, 3.8) is 0 Å². The van der Waals surface area contributed by atoms with Crippen molar-refractivity contribution in [2.75, 3.05) is 50.7 Å². The van der Waals surface area contributed by atoms with Crippen molar-refractivity contribution in [3.05, 3.63) is 48.5 Å². The molecule has 1 atom stereocenters. The van der Waals surface area contributed by atoms with Crippen LogP contribution in [0.5, 0.6) is 0 Å². The predicted molar refractivity (Wildman–Crippen MR) is 125 cm³/mol. The van der Waals surface area contributed by atoms with Gasteiger partial charge >= 0.3 is 6.03 Å². The highest BCUT2D eigenvalue weighted by Gasteiger charge is 2.34. The number of benzene rings is 1. The molecule has 168 valence electrons. The van der Waals surface area contributed by atoms with Gasteiger partial charge in [-0.15, -0.1) is 0 Å². The summed E-state index contributed by atoms with van der Waals surface area (Å²) < 4.78 is 1.86. The molecule has 1 amide bonds. The second kappa shape index (κ2) is 9.24. The van der Waals surface area contributed by atoms with E-state index in [0.717, 1.165) is 87.9 Å². The average molecular weight is 434 g/mol. The number of fused-ring (bicyclic) bond motifs is 3. The van der Waals surface area contributed by atoms with Crippen LogP contribution in [0.2, 0.25) is 0 Å². The van der Waals surface area contributed by atoms with Gasteiger partial charge in [-0.3, -0.25) is 4.90 Å². The standard InChI is InChI=1S/C24H31N7O/c1-2-3-12-30-18-19(22-27-20-7-4-5-8-21(20)31(22)24(30)32)9-13-28-14-16-29(17-15-28)23-25-10-6-11-26-23/h4-8,10-11,19H,2-3,9,12-18H2,1H3. The first kappa shape index (κ1) is 20.9. The van der Waals surface area contributed by atoms with E-state index in [4.69, 9.17) is 4.98 Å². The molecule has 2 aromatic heterocycles. The number of para-hydroxylation sites is 2. The molecular formula is C24H31N7O. The molecule has 0 saturated carbocycles. The third-order valence-corrected chi connectivity index (χ3v) is 6.64. The Morgan fingerprint density at radius 1 is 1.00 bits per heavy atom. The highest BCUT2D eigenvalue weighted by molar-refractivity contribution is 5.91. The summed E-state index contributed by atoms with van der Waals surface area (Å²) in [4.78, 5) is 33.7. The lowest BCUT2D eigenvalue weighted by Gasteiger charge is -2.37. The van der Waals surface area contributed by atoms with Crippen molar-refractivity contribution in [3.8, 4) is 0 Å². The molecule has 3 aromatic rings. The van der Waals surface area contributed by atoms with E-state index in [2.05, 4.69) is 26.7 Å². The van der Waals surface area contributed by atoms with Crippen LogP contribution in [0.3, 0.4) is 0 Å². The van der Waals surface area contributed by atoms with Crippen LogP contribution in [0, 0.1) is 0 Å². The SMILES string of the molecule is CCCCN1CC(CCN2CCN(c3ncccn3)CC2)c2nc3ccccc3n2C1=O. The number of carbonyl (C=O) groups excluding carboxylic acids is 1. The Labute approximate surface area is 188 Å². The fourth-order valence-electron chi connectivity index (χ4n) is 4.81. The summed E-state index contributed by atoms with van der Waals surface area (Å²) in [5.74, 6) is 2.01. The van der Waals surface area contributed by atoms with Gasteiger partial charge in [0.15, 0.2) is 0 Å². The van der Waals surface area contributed by atoms with Crippen LogP contribution < -0.4 is 4.90 Å². The van der Waals surface area contributed by atoms with E-state index in [0.29, 0.717) is 0 Å². The van der Waals surface area contributed by atoms with Gasteiger partial charge in [0, 0.05) is 57.6 Å². The zero-order chi connectivity index (χ0) is 21.9. The largest absolute Gasteiger partial charge is 0.338 e. The van der Waals surface area contributed by atoms with Crippen LogP contribution in [0.25, 0.3) is 11.0 Å². The van der Waals surface area contributed by atoms with Crippen molar-refractivity contribution < 1.29 is 4.79 Å². The van der Waals surface area contributed by atoms with Gasteiger partial charge in [0.05, 0.1) is 11.0 Å². The number of hydrogen-bond donors (Lipinski definition) is 0. The zero-order valence-electron chi connectivity index (χ0n) is 18.7. The van der Waals surface area contributed by atoms with Crippen molar-refractivity contribution in [2.24, 2.45) is 0 Å². The zero-order valence-corrected chi connectivity index (χ0v) is 18.7. The summed E-state index contributed by atoms with van der Waals surface area (Å²) >= 11 is 0. The molecule has 32 heavy (non-hydrogen) atoms. The number of piperazine rings is 1. The van der Waals surface area contributed by atoms with Crippen molar-refractivity contribution in [2.45, 2.75) is 32.1 Å². The second-order valence-electron chi connectivity index (χ2n) is 8.74. The normalized spacial score (nSPS) is 19.5. The molecule has 1 fully saturated rings. The Kier molecular flexibility index (Phi) is 6.03. The molecule has 1 aromatic carbocycles. The molecule has 2 aliphatic rings. The third kappa shape index (κ3) is 4.07. The van der Waals surface area contributed by atoms with E-state index in [1.54, 1.807) is 12.4 Å². The molecule has 0 aliphatic carbocycles. The molecule has 1 unspecified atom stereocenters. The quantitative estimate of drug-likeness (QED) is 0.570.